The van der Waals surface area contributed by atoms with Gasteiger partial charge in [0.15, 0.2) is 6.23 Å². The first-order valence-corrected chi connectivity index (χ1v) is 8.48. The van der Waals surface area contributed by atoms with E-state index in [1.807, 2.05) is 11.6 Å². The monoisotopic (exact) mass is 454 g/mol. The van der Waals surface area contributed by atoms with Crippen LogP contribution >= 0.6 is 50.1 Å². The van der Waals surface area contributed by atoms with Crippen LogP contribution in [0.2, 0.25) is 5.02 Å². The number of hydrogen-bond acceptors (Lipinski definition) is 2. The van der Waals surface area contributed by atoms with E-state index in [2.05, 4.69) is 49.7 Å². The summed E-state index contributed by atoms with van der Waals surface area (Å²) in [5.41, 5.74) is 2.09. The van der Waals surface area contributed by atoms with Gasteiger partial charge in [-0.2, -0.15) is 5.10 Å². The van der Waals surface area contributed by atoms with Crippen molar-refractivity contribution in [3.05, 3.63) is 24.8 Å². The average molecular weight is 456 g/mol. The minimum Gasteiger partial charge on any atom is -0.356 e. The maximum atomic E-state index is 6.46. The molecule has 1 aromatic carbocycles. The second-order valence-electron chi connectivity index (χ2n) is 4.75. The largest absolute Gasteiger partial charge is 0.356 e. The van der Waals surface area contributed by atoms with Crippen LogP contribution in [-0.4, -0.2) is 16.4 Å². The fourth-order valence-corrected chi connectivity index (χ4v) is 4.17. The zero-order chi connectivity index (χ0) is 13.6. The first-order valence-electron chi connectivity index (χ1n) is 6.23. The standard InChI is InChI=1S/C13H13BrClIN2O/c1-7-8(14)6-9-11(12(7)15)13(16)17-18(9)10-4-2-3-5-19-10/h6,10H,2-5H2,1H3. The Morgan fingerprint density at radius 1 is 1.53 bits per heavy atom. The molecular weight excluding hydrogens is 442 g/mol. The summed E-state index contributed by atoms with van der Waals surface area (Å²) in [6.07, 6.45) is 3.36. The molecule has 2 aromatic rings. The van der Waals surface area contributed by atoms with E-state index in [-0.39, 0.29) is 6.23 Å². The van der Waals surface area contributed by atoms with Gasteiger partial charge in [-0.05, 0) is 60.4 Å². The zero-order valence-electron chi connectivity index (χ0n) is 10.4. The highest BCUT2D eigenvalue weighted by Crippen LogP contribution is 2.37. The lowest BCUT2D eigenvalue weighted by Crippen LogP contribution is -2.19. The number of halogens is 3. The fourth-order valence-electron chi connectivity index (χ4n) is 2.42. The summed E-state index contributed by atoms with van der Waals surface area (Å²) in [5, 5.41) is 6.43. The van der Waals surface area contributed by atoms with E-state index >= 15 is 0 Å². The summed E-state index contributed by atoms with van der Waals surface area (Å²) in [5.74, 6) is 0. The van der Waals surface area contributed by atoms with E-state index in [9.17, 15) is 0 Å². The molecule has 0 bridgehead atoms. The van der Waals surface area contributed by atoms with Crippen LogP contribution in [0.15, 0.2) is 10.5 Å². The predicted octanol–water partition coefficient (Wildman–Crippen LogP) is 5.06. The van der Waals surface area contributed by atoms with Crippen LogP contribution in [0.25, 0.3) is 10.9 Å². The van der Waals surface area contributed by atoms with Crippen molar-refractivity contribution in [1.29, 1.82) is 0 Å². The molecule has 3 nitrogen and oxygen atoms in total. The van der Waals surface area contributed by atoms with Crippen molar-refractivity contribution in [3.63, 3.8) is 0 Å². The molecular formula is C13H13BrClIN2O. The van der Waals surface area contributed by atoms with Gasteiger partial charge in [-0.15, -0.1) is 0 Å². The van der Waals surface area contributed by atoms with Crippen molar-refractivity contribution >= 4 is 61.0 Å². The van der Waals surface area contributed by atoms with Gasteiger partial charge in [0.1, 0.15) is 3.70 Å². The quantitative estimate of drug-likeness (QED) is 0.562. The topological polar surface area (TPSA) is 27.1 Å². The van der Waals surface area contributed by atoms with Gasteiger partial charge in [-0.1, -0.05) is 27.5 Å². The summed E-state index contributed by atoms with van der Waals surface area (Å²) in [4.78, 5) is 0. The molecule has 19 heavy (non-hydrogen) atoms. The molecule has 1 aromatic heterocycles. The van der Waals surface area contributed by atoms with Crippen molar-refractivity contribution in [3.8, 4) is 0 Å². The molecule has 1 aliphatic rings. The number of nitrogens with zero attached hydrogens (tertiary/aromatic N) is 2. The van der Waals surface area contributed by atoms with Crippen molar-refractivity contribution < 1.29 is 4.74 Å². The van der Waals surface area contributed by atoms with Crippen LogP contribution in [0.3, 0.4) is 0 Å². The predicted molar refractivity (Wildman–Crippen MR) is 88.7 cm³/mol. The number of aromatic nitrogens is 2. The number of rotatable bonds is 1. The Labute approximate surface area is 138 Å². The van der Waals surface area contributed by atoms with Gasteiger partial charge in [0.25, 0.3) is 0 Å². The molecule has 2 heterocycles. The fraction of sp³-hybridized carbons (Fsp3) is 0.462. The minimum absolute atomic E-state index is 0.0328. The van der Waals surface area contributed by atoms with E-state index in [1.54, 1.807) is 0 Å². The molecule has 3 rings (SSSR count). The molecule has 1 unspecified atom stereocenters. The van der Waals surface area contributed by atoms with Gasteiger partial charge in [0.05, 0.1) is 15.9 Å². The second kappa shape index (κ2) is 5.50. The molecule has 1 saturated heterocycles. The molecule has 1 aliphatic heterocycles. The highest BCUT2D eigenvalue weighted by atomic mass is 127. The van der Waals surface area contributed by atoms with Crippen molar-refractivity contribution in [2.75, 3.05) is 6.61 Å². The highest BCUT2D eigenvalue weighted by molar-refractivity contribution is 14.1. The Morgan fingerprint density at radius 2 is 2.32 bits per heavy atom. The van der Waals surface area contributed by atoms with Gasteiger partial charge in [0, 0.05) is 11.1 Å². The van der Waals surface area contributed by atoms with E-state index < -0.39 is 0 Å². The smallest absolute Gasteiger partial charge is 0.150 e. The number of benzene rings is 1. The van der Waals surface area contributed by atoms with Crippen LogP contribution < -0.4 is 0 Å². The molecule has 1 atom stereocenters. The third kappa shape index (κ3) is 2.43. The molecule has 0 N–H and O–H groups in total. The molecule has 0 amide bonds. The Morgan fingerprint density at radius 3 is 3.00 bits per heavy atom. The van der Waals surface area contributed by atoms with E-state index in [0.29, 0.717) is 0 Å². The van der Waals surface area contributed by atoms with Crippen LogP contribution in [-0.2, 0) is 4.74 Å². The number of ether oxygens (including phenoxy) is 1. The average Bonchev–Trinajstić information content (AvgIpc) is 2.74. The summed E-state index contributed by atoms with van der Waals surface area (Å²) in [7, 11) is 0. The van der Waals surface area contributed by atoms with Crippen LogP contribution in [0.4, 0.5) is 0 Å². The zero-order valence-corrected chi connectivity index (χ0v) is 14.9. The van der Waals surface area contributed by atoms with E-state index in [1.165, 1.54) is 6.42 Å². The number of hydrogen-bond donors (Lipinski definition) is 0. The lowest BCUT2D eigenvalue weighted by molar-refractivity contribution is -0.0368. The molecule has 102 valence electrons. The van der Waals surface area contributed by atoms with Crippen molar-refractivity contribution in [2.45, 2.75) is 32.4 Å². The van der Waals surface area contributed by atoms with Gasteiger partial charge >= 0.3 is 0 Å². The van der Waals surface area contributed by atoms with Crippen LogP contribution in [0.5, 0.6) is 0 Å². The maximum Gasteiger partial charge on any atom is 0.150 e. The van der Waals surface area contributed by atoms with Crippen molar-refractivity contribution in [2.24, 2.45) is 0 Å². The lowest BCUT2D eigenvalue weighted by atomic mass is 10.1. The normalized spacial score (nSPS) is 20.1. The summed E-state index contributed by atoms with van der Waals surface area (Å²) < 4.78 is 9.76. The minimum atomic E-state index is 0.0328. The molecule has 0 saturated carbocycles. The first kappa shape index (κ1) is 14.1. The van der Waals surface area contributed by atoms with Gasteiger partial charge in [0.2, 0.25) is 0 Å². The molecule has 6 heteroatoms. The molecule has 1 fully saturated rings. The Balaban J connectivity index is 2.21. The Kier molecular flexibility index (Phi) is 4.08. The van der Waals surface area contributed by atoms with Crippen molar-refractivity contribution in [1.82, 2.24) is 9.78 Å². The lowest BCUT2D eigenvalue weighted by Gasteiger charge is -2.23. The summed E-state index contributed by atoms with van der Waals surface area (Å²) in [6, 6.07) is 2.09. The molecule has 0 aliphatic carbocycles. The Hall–Kier alpha value is 0.150. The molecule has 0 spiro atoms. The first-order chi connectivity index (χ1) is 9.09. The number of fused-ring (bicyclic) bond motifs is 1. The molecule has 0 radical (unpaired) electrons. The van der Waals surface area contributed by atoms with Crippen LogP contribution in [0, 0.1) is 10.6 Å². The second-order valence-corrected chi connectivity index (χ2v) is 7.00. The SMILES string of the molecule is Cc1c(Br)cc2c(c(I)nn2C2CCCCO2)c1Cl. The van der Waals surface area contributed by atoms with Crippen LogP contribution in [0.1, 0.15) is 31.1 Å². The Bertz CT molecular complexity index is 637. The summed E-state index contributed by atoms with van der Waals surface area (Å²) >= 11 is 12.3. The van der Waals surface area contributed by atoms with Gasteiger partial charge in [-0.3, -0.25) is 0 Å². The third-order valence-corrected chi connectivity index (χ3v) is 5.55. The third-order valence-electron chi connectivity index (χ3n) is 3.50. The van der Waals surface area contributed by atoms with E-state index in [4.69, 9.17) is 16.3 Å². The summed E-state index contributed by atoms with van der Waals surface area (Å²) in [6.45, 7) is 2.82. The van der Waals surface area contributed by atoms with Gasteiger partial charge < -0.3 is 4.74 Å². The highest BCUT2D eigenvalue weighted by Gasteiger charge is 2.22. The van der Waals surface area contributed by atoms with Gasteiger partial charge in [-0.25, -0.2) is 4.68 Å². The maximum absolute atomic E-state index is 6.46. The van der Waals surface area contributed by atoms with E-state index in [0.717, 1.165) is 49.1 Å².